The first-order valence-corrected chi connectivity index (χ1v) is 4.13. The zero-order valence-electron chi connectivity index (χ0n) is 7.32. The van der Waals surface area contributed by atoms with Crippen LogP contribution in [-0.4, -0.2) is 29.7 Å². The van der Waals surface area contributed by atoms with Crippen LogP contribution in [0.3, 0.4) is 0 Å². The van der Waals surface area contributed by atoms with E-state index in [4.69, 9.17) is 5.11 Å². The minimum atomic E-state index is -0.969. The number of aromatic carboxylic acids is 1. The van der Waals surface area contributed by atoms with Crippen LogP contribution in [-0.2, 0) is 6.42 Å². The molecule has 0 amide bonds. The van der Waals surface area contributed by atoms with Crippen LogP contribution in [0.1, 0.15) is 16.1 Å². The second-order valence-electron chi connectivity index (χ2n) is 3.16. The smallest absolute Gasteiger partial charge is 0.354 e. The second-order valence-corrected chi connectivity index (χ2v) is 3.16. The lowest BCUT2D eigenvalue weighted by atomic mass is 10.2. The van der Waals surface area contributed by atoms with Crippen molar-refractivity contribution in [3.63, 3.8) is 0 Å². The van der Waals surface area contributed by atoms with Crippen LogP contribution in [0.5, 0.6) is 0 Å². The summed E-state index contributed by atoms with van der Waals surface area (Å²) >= 11 is 0. The Balaban J connectivity index is 2.47. The molecular formula is C9H10N2O2. The summed E-state index contributed by atoms with van der Waals surface area (Å²) in [5.41, 5.74) is 1.25. The van der Waals surface area contributed by atoms with Gasteiger partial charge in [-0.05, 0) is 18.1 Å². The molecule has 0 aliphatic carbocycles. The van der Waals surface area contributed by atoms with Crippen LogP contribution in [0.25, 0.3) is 0 Å². The van der Waals surface area contributed by atoms with Crippen LogP contribution in [0.15, 0.2) is 12.1 Å². The molecule has 1 aliphatic heterocycles. The van der Waals surface area contributed by atoms with E-state index in [1.54, 1.807) is 6.07 Å². The fourth-order valence-electron chi connectivity index (χ4n) is 1.52. The number of nitrogens with zero attached hydrogens (tertiary/aromatic N) is 2. The molecule has 68 valence electrons. The molecule has 0 atom stereocenters. The Morgan fingerprint density at radius 1 is 1.62 bits per heavy atom. The maximum atomic E-state index is 10.6. The number of likely N-dealkylation sites (N-methyl/N-ethyl adjacent to an activating group) is 1. The van der Waals surface area contributed by atoms with E-state index < -0.39 is 5.97 Å². The van der Waals surface area contributed by atoms with Crippen molar-refractivity contribution in [1.82, 2.24) is 4.98 Å². The molecule has 1 aliphatic rings. The Labute approximate surface area is 75.8 Å². The minimum absolute atomic E-state index is 0.118. The summed E-state index contributed by atoms with van der Waals surface area (Å²) in [4.78, 5) is 16.7. The van der Waals surface area contributed by atoms with Gasteiger partial charge in [0.15, 0.2) is 5.69 Å². The number of carboxylic acid groups (broad SMARTS) is 1. The molecule has 0 fully saturated rings. The van der Waals surface area contributed by atoms with E-state index in [1.807, 2.05) is 18.0 Å². The van der Waals surface area contributed by atoms with Gasteiger partial charge in [-0.25, -0.2) is 9.78 Å². The first-order chi connectivity index (χ1) is 6.18. The molecule has 0 aromatic carbocycles. The summed E-state index contributed by atoms with van der Waals surface area (Å²) < 4.78 is 0. The Morgan fingerprint density at radius 2 is 2.38 bits per heavy atom. The van der Waals surface area contributed by atoms with Crippen LogP contribution < -0.4 is 4.90 Å². The SMILES string of the molecule is CN1CCc2ccc(C(=O)O)nc21. The van der Waals surface area contributed by atoms with Gasteiger partial charge in [0.1, 0.15) is 5.82 Å². The van der Waals surface area contributed by atoms with Gasteiger partial charge in [-0.2, -0.15) is 0 Å². The molecule has 2 heterocycles. The third-order valence-corrected chi connectivity index (χ3v) is 2.25. The van der Waals surface area contributed by atoms with Gasteiger partial charge in [0.25, 0.3) is 0 Å². The number of carboxylic acids is 1. The molecule has 0 saturated carbocycles. The fourth-order valence-corrected chi connectivity index (χ4v) is 1.52. The van der Waals surface area contributed by atoms with Crippen LogP contribution in [0.4, 0.5) is 5.82 Å². The number of hydrogen-bond acceptors (Lipinski definition) is 3. The molecule has 0 radical (unpaired) electrons. The van der Waals surface area contributed by atoms with E-state index in [-0.39, 0.29) is 5.69 Å². The number of rotatable bonds is 1. The number of aromatic nitrogens is 1. The lowest BCUT2D eigenvalue weighted by Crippen LogP contribution is -2.14. The molecule has 13 heavy (non-hydrogen) atoms. The van der Waals surface area contributed by atoms with Crippen LogP contribution in [0.2, 0.25) is 0 Å². The maximum Gasteiger partial charge on any atom is 0.354 e. The van der Waals surface area contributed by atoms with Crippen molar-refractivity contribution < 1.29 is 9.90 Å². The van der Waals surface area contributed by atoms with Gasteiger partial charge in [-0.15, -0.1) is 0 Å². The molecule has 1 aromatic rings. The number of carbonyl (C=O) groups is 1. The van der Waals surface area contributed by atoms with Gasteiger partial charge < -0.3 is 10.0 Å². The number of fused-ring (bicyclic) bond motifs is 1. The topological polar surface area (TPSA) is 53.4 Å². The monoisotopic (exact) mass is 178 g/mol. The van der Waals surface area contributed by atoms with Gasteiger partial charge in [-0.1, -0.05) is 6.07 Å². The summed E-state index contributed by atoms with van der Waals surface area (Å²) in [5, 5.41) is 8.72. The van der Waals surface area contributed by atoms with Crippen molar-refractivity contribution in [1.29, 1.82) is 0 Å². The highest BCUT2D eigenvalue weighted by Crippen LogP contribution is 2.23. The highest BCUT2D eigenvalue weighted by Gasteiger charge is 2.18. The van der Waals surface area contributed by atoms with Crippen molar-refractivity contribution in [2.24, 2.45) is 0 Å². The van der Waals surface area contributed by atoms with Gasteiger partial charge in [0.05, 0.1) is 0 Å². The molecule has 1 N–H and O–H groups in total. The maximum absolute atomic E-state index is 10.6. The van der Waals surface area contributed by atoms with E-state index >= 15 is 0 Å². The third-order valence-electron chi connectivity index (χ3n) is 2.25. The molecule has 0 bridgehead atoms. The molecule has 0 saturated heterocycles. The van der Waals surface area contributed by atoms with Crippen molar-refractivity contribution in [2.45, 2.75) is 6.42 Å². The average Bonchev–Trinajstić information content (AvgIpc) is 2.47. The molecule has 4 heteroatoms. The summed E-state index contributed by atoms with van der Waals surface area (Å²) in [6.07, 6.45) is 0.957. The van der Waals surface area contributed by atoms with Gasteiger partial charge in [0, 0.05) is 13.6 Å². The zero-order valence-corrected chi connectivity index (χ0v) is 7.32. The van der Waals surface area contributed by atoms with E-state index in [0.29, 0.717) is 0 Å². The quantitative estimate of drug-likeness (QED) is 0.690. The van der Waals surface area contributed by atoms with E-state index in [9.17, 15) is 4.79 Å². The van der Waals surface area contributed by atoms with Gasteiger partial charge >= 0.3 is 5.97 Å². The molecule has 2 rings (SSSR count). The molecule has 0 spiro atoms. The lowest BCUT2D eigenvalue weighted by Gasteiger charge is -2.10. The van der Waals surface area contributed by atoms with Crippen molar-refractivity contribution in [3.8, 4) is 0 Å². The molecular weight excluding hydrogens is 168 g/mol. The highest BCUT2D eigenvalue weighted by atomic mass is 16.4. The molecule has 0 unspecified atom stereocenters. The summed E-state index contributed by atoms with van der Waals surface area (Å²) in [6.45, 7) is 0.922. The summed E-state index contributed by atoms with van der Waals surface area (Å²) in [5.74, 6) is -0.164. The van der Waals surface area contributed by atoms with Crippen molar-refractivity contribution >= 4 is 11.8 Å². The zero-order chi connectivity index (χ0) is 9.42. The Hall–Kier alpha value is -1.58. The summed E-state index contributed by atoms with van der Waals surface area (Å²) in [6, 6.07) is 3.40. The number of hydrogen-bond donors (Lipinski definition) is 1. The van der Waals surface area contributed by atoms with Crippen molar-refractivity contribution in [2.75, 3.05) is 18.5 Å². The number of pyridine rings is 1. The first-order valence-electron chi connectivity index (χ1n) is 4.13. The highest BCUT2D eigenvalue weighted by molar-refractivity contribution is 5.86. The molecule has 1 aromatic heterocycles. The average molecular weight is 178 g/mol. The van der Waals surface area contributed by atoms with E-state index in [0.717, 1.165) is 24.3 Å². The Morgan fingerprint density at radius 3 is 3.08 bits per heavy atom. The number of anilines is 1. The van der Waals surface area contributed by atoms with E-state index in [2.05, 4.69) is 4.98 Å². The standard InChI is InChI=1S/C9H10N2O2/c1-11-5-4-6-2-3-7(9(12)13)10-8(6)11/h2-3H,4-5H2,1H3,(H,12,13). The minimum Gasteiger partial charge on any atom is -0.477 e. The second kappa shape index (κ2) is 2.73. The predicted molar refractivity (Wildman–Crippen MR) is 48.2 cm³/mol. The predicted octanol–water partition coefficient (Wildman–Crippen LogP) is 0.772. The molecule has 4 nitrogen and oxygen atoms in total. The fraction of sp³-hybridized carbons (Fsp3) is 0.333. The largest absolute Gasteiger partial charge is 0.477 e. The lowest BCUT2D eigenvalue weighted by molar-refractivity contribution is 0.0690. The summed E-state index contributed by atoms with van der Waals surface area (Å²) in [7, 11) is 1.92. The Bertz CT molecular complexity index is 363. The first kappa shape index (κ1) is 8.04. The van der Waals surface area contributed by atoms with Gasteiger partial charge in [0.2, 0.25) is 0 Å². The van der Waals surface area contributed by atoms with Crippen LogP contribution >= 0.6 is 0 Å². The normalized spacial score (nSPS) is 14.4. The van der Waals surface area contributed by atoms with Gasteiger partial charge in [-0.3, -0.25) is 0 Å². The van der Waals surface area contributed by atoms with E-state index in [1.165, 1.54) is 0 Å². The van der Waals surface area contributed by atoms with Crippen molar-refractivity contribution in [3.05, 3.63) is 23.4 Å². The van der Waals surface area contributed by atoms with Crippen LogP contribution in [0, 0.1) is 0 Å². The Kier molecular flexibility index (Phi) is 1.69. The third kappa shape index (κ3) is 1.24.